The van der Waals surface area contributed by atoms with Gasteiger partial charge < -0.3 is 4.90 Å². The largest absolute Gasteiger partial charge is 0.338 e. The van der Waals surface area contributed by atoms with Crippen LogP contribution in [0, 0.1) is 11.7 Å². The zero-order valence-corrected chi connectivity index (χ0v) is 12.7. The molecule has 0 atom stereocenters. The van der Waals surface area contributed by atoms with E-state index in [2.05, 4.69) is 0 Å². The van der Waals surface area contributed by atoms with Crippen LogP contribution in [0.5, 0.6) is 0 Å². The van der Waals surface area contributed by atoms with Crippen LogP contribution < -0.4 is 5.14 Å². The summed E-state index contributed by atoms with van der Waals surface area (Å²) in [6, 6.07) is 3.04. The third-order valence-electron chi connectivity index (χ3n) is 3.45. The lowest BCUT2D eigenvalue weighted by atomic mass is 10.1. The molecule has 1 saturated carbocycles. The van der Waals surface area contributed by atoms with E-state index >= 15 is 0 Å². The van der Waals surface area contributed by atoms with Crippen LogP contribution in [0.3, 0.4) is 0 Å². The molecule has 1 aromatic carbocycles. The Hall–Kier alpha value is -1.47. The van der Waals surface area contributed by atoms with Gasteiger partial charge in [0, 0.05) is 13.1 Å². The Bertz CT molecular complexity index is 642. The summed E-state index contributed by atoms with van der Waals surface area (Å²) in [7, 11) is -3.96. The highest BCUT2D eigenvalue weighted by Gasteiger charge is 2.28. The summed E-state index contributed by atoms with van der Waals surface area (Å²) in [5.74, 6) is -0.735. The van der Waals surface area contributed by atoms with Crippen LogP contribution in [0.1, 0.15) is 36.5 Å². The predicted octanol–water partition coefficient (Wildman–Crippen LogP) is 1.74. The number of carbonyl (C=O) groups is 1. The second kappa shape index (κ2) is 6.11. The maximum Gasteiger partial charge on any atom is 0.256 e. The smallest absolute Gasteiger partial charge is 0.256 e. The molecule has 1 aliphatic carbocycles. The highest BCUT2D eigenvalue weighted by Crippen LogP contribution is 2.30. The molecule has 1 amide bonds. The van der Waals surface area contributed by atoms with E-state index in [0.29, 0.717) is 19.0 Å². The lowest BCUT2D eigenvalue weighted by Crippen LogP contribution is -2.34. The van der Waals surface area contributed by atoms with E-state index < -0.39 is 21.7 Å². The van der Waals surface area contributed by atoms with Crippen molar-refractivity contribution in [2.45, 2.75) is 31.1 Å². The minimum absolute atomic E-state index is 0.240. The number of nitrogens with two attached hydrogens (primary N) is 1. The monoisotopic (exact) mass is 314 g/mol. The molecule has 0 heterocycles. The van der Waals surface area contributed by atoms with Gasteiger partial charge in [0.05, 0.1) is 10.5 Å². The maximum atomic E-state index is 13.9. The first-order valence-electron chi connectivity index (χ1n) is 6.94. The maximum absolute atomic E-state index is 13.9. The molecule has 0 aliphatic heterocycles. The van der Waals surface area contributed by atoms with Crippen molar-refractivity contribution in [3.05, 3.63) is 29.6 Å². The molecule has 7 heteroatoms. The summed E-state index contributed by atoms with van der Waals surface area (Å²) in [6.45, 7) is 3.05. The van der Waals surface area contributed by atoms with E-state index in [0.717, 1.165) is 37.5 Å². The number of hydrogen-bond donors (Lipinski definition) is 1. The van der Waals surface area contributed by atoms with Gasteiger partial charge in [0.15, 0.2) is 0 Å². The minimum Gasteiger partial charge on any atom is -0.338 e. The quantitative estimate of drug-likeness (QED) is 0.868. The molecule has 0 bridgehead atoms. The zero-order chi connectivity index (χ0) is 15.6. The average molecular weight is 314 g/mol. The Labute approximate surface area is 124 Å². The van der Waals surface area contributed by atoms with Crippen LogP contribution in [0.15, 0.2) is 23.1 Å². The lowest BCUT2D eigenvalue weighted by Gasteiger charge is -2.22. The molecule has 1 aliphatic rings. The second-order valence-electron chi connectivity index (χ2n) is 5.38. The van der Waals surface area contributed by atoms with Crippen molar-refractivity contribution in [3.8, 4) is 0 Å². The van der Waals surface area contributed by atoms with Crippen LogP contribution in [0.2, 0.25) is 0 Å². The fourth-order valence-electron chi connectivity index (χ4n) is 2.17. The standard InChI is InChI=1S/C14H19FN2O3S/c1-2-7-17(9-10-3-4-10)14(18)12-8-11(21(16,19)20)5-6-13(12)15/h5-6,8,10H,2-4,7,9H2,1H3,(H2,16,19,20). The molecule has 1 fully saturated rings. The third-order valence-corrected chi connectivity index (χ3v) is 4.36. The summed E-state index contributed by atoms with van der Waals surface area (Å²) in [6.07, 6.45) is 2.91. The predicted molar refractivity (Wildman–Crippen MR) is 76.7 cm³/mol. The Morgan fingerprint density at radius 1 is 1.43 bits per heavy atom. The van der Waals surface area contributed by atoms with Gasteiger partial charge in [-0.2, -0.15) is 0 Å². The number of hydrogen-bond acceptors (Lipinski definition) is 3. The van der Waals surface area contributed by atoms with Gasteiger partial charge in [0.1, 0.15) is 5.82 Å². The van der Waals surface area contributed by atoms with E-state index in [-0.39, 0.29) is 10.5 Å². The van der Waals surface area contributed by atoms with Crippen molar-refractivity contribution in [2.75, 3.05) is 13.1 Å². The van der Waals surface area contributed by atoms with Crippen molar-refractivity contribution in [3.63, 3.8) is 0 Å². The van der Waals surface area contributed by atoms with Crippen LogP contribution >= 0.6 is 0 Å². The van der Waals surface area contributed by atoms with Crippen molar-refractivity contribution in [1.82, 2.24) is 4.90 Å². The van der Waals surface area contributed by atoms with Gasteiger partial charge in [0.2, 0.25) is 10.0 Å². The Balaban J connectivity index is 2.31. The first-order chi connectivity index (χ1) is 9.82. The molecule has 5 nitrogen and oxygen atoms in total. The van der Waals surface area contributed by atoms with E-state index in [1.165, 1.54) is 0 Å². The molecule has 0 unspecified atom stereocenters. The molecule has 1 aromatic rings. The zero-order valence-electron chi connectivity index (χ0n) is 11.9. The van der Waals surface area contributed by atoms with Gasteiger partial charge >= 0.3 is 0 Å². The Morgan fingerprint density at radius 2 is 2.10 bits per heavy atom. The molecule has 0 radical (unpaired) electrons. The van der Waals surface area contributed by atoms with Crippen molar-refractivity contribution in [2.24, 2.45) is 11.1 Å². The van der Waals surface area contributed by atoms with Crippen LogP contribution in [-0.2, 0) is 10.0 Å². The number of benzene rings is 1. The summed E-state index contributed by atoms with van der Waals surface area (Å²) in [5.41, 5.74) is -0.240. The fourth-order valence-corrected chi connectivity index (χ4v) is 2.71. The number of sulfonamides is 1. The number of halogens is 1. The van der Waals surface area contributed by atoms with Crippen LogP contribution in [0.4, 0.5) is 4.39 Å². The molecular formula is C14H19FN2O3S. The summed E-state index contributed by atoms with van der Waals surface area (Å²) >= 11 is 0. The van der Waals surface area contributed by atoms with Crippen LogP contribution in [0.25, 0.3) is 0 Å². The first kappa shape index (κ1) is 15.9. The van der Waals surface area contributed by atoms with Gasteiger partial charge in [-0.25, -0.2) is 17.9 Å². The number of primary sulfonamides is 1. The van der Waals surface area contributed by atoms with Gasteiger partial charge in [-0.1, -0.05) is 6.92 Å². The van der Waals surface area contributed by atoms with Gasteiger partial charge in [-0.3, -0.25) is 4.79 Å². The van der Waals surface area contributed by atoms with Gasteiger partial charge in [0.25, 0.3) is 5.91 Å². The van der Waals surface area contributed by atoms with E-state index in [1.54, 1.807) is 4.90 Å². The fraction of sp³-hybridized carbons (Fsp3) is 0.500. The lowest BCUT2D eigenvalue weighted by molar-refractivity contribution is 0.0742. The van der Waals surface area contributed by atoms with Crippen molar-refractivity contribution in [1.29, 1.82) is 0 Å². The molecule has 2 N–H and O–H groups in total. The molecule has 0 aromatic heterocycles. The summed E-state index contributed by atoms with van der Waals surface area (Å²) in [5, 5.41) is 5.03. The first-order valence-corrected chi connectivity index (χ1v) is 8.49. The summed E-state index contributed by atoms with van der Waals surface area (Å²) < 4.78 is 36.5. The normalized spacial score (nSPS) is 15.0. The summed E-state index contributed by atoms with van der Waals surface area (Å²) in [4.78, 5) is 13.8. The SMILES string of the molecule is CCCN(CC1CC1)C(=O)c1cc(S(N)(=O)=O)ccc1F. The third kappa shape index (κ3) is 4.01. The second-order valence-corrected chi connectivity index (χ2v) is 6.94. The van der Waals surface area contributed by atoms with Crippen molar-refractivity contribution < 1.29 is 17.6 Å². The number of amides is 1. The average Bonchev–Trinajstić information content (AvgIpc) is 3.20. The van der Waals surface area contributed by atoms with Gasteiger partial charge in [-0.15, -0.1) is 0 Å². The molecular weight excluding hydrogens is 295 g/mol. The number of carbonyl (C=O) groups excluding carboxylic acids is 1. The highest BCUT2D eigenvalue weighted by molar-refractivity contribution is 7.89. The topological polar surface area (TPSA) is 80.5 Å². The van der Waals surface area contributed by atoms with Crippen LogP contribution in [-0.4, -0.2) is 32.3 Å². The molecule has 21 heavy (non-hydrogen) atoms. The molecule has 0 saturated heterocycles. The van der Waals surface area contributed by atoms with Gasteiger partial charge in [-0.05, 0) is 43.4 Å². The number of nitrogens with zero attached hydrogens (tertiary/aromatic N) is 1. The highest BCUT2D eigenvalue weighted by atomic mass is 32.2. The van der Waals surface area contributed by atoms with E-state index in [4.69, 9.17) is 5.14 Å². The van der Waals surface area contributed by atoms with Crippen molar-refractivity contribution >= 4 is 15.9 Å². The van der Waals surface area contributed by atoms with E-state index in [1.807, 2.05) is 6.92 Å². The number of rotatable bonds is 6. The molecule has 0 spiro atoms. The molecule has 116 valence electrons. The Morgan fingerprint density at radius 3 is 2.62 bits per heavy atom. The molecule has 2 rings (SSSR count). The minimum atomic E-state index is -3.96. The Kier molecular flexibility index (Phi) is 4.63. The van der Waals surface area contributed by atoms with E-state index in [9.17, 15) is 17.6 Å².